The molecule has 26 heavy (non-hydrogen) atoms. The number of ether oxygens (including phenoxy) is 1. The molecule has 7 heteroatoms. The average molecular weight is 372 g/mol. The van der Waals surface area contributed by atoms with Crippen LogP contribution in [0.25, 0.3) is 0 Å². The van der Waals surface area contributed by atoms with Crippen LogP contribution in [-0.2, 0) is 9.84 Å². The molecule has 6 nitrogen and oxygen atoms in total. The van der Waals surface area contributed by atoms with Gasteiger partial charge in [0.2, 0.25) is 0 Å². The third-order valence-electron chi connectivity index (χ3n) is 3.64. The molecule has 0 fully saturated rings. The number of nitrogens with one attached hydrogen (secondary N) is 1. The number of sulfone groups is 1. The van der Waals surface area contributed by atoms with Gasteiger partial charge in [0.05, 0.1) is 17.4 Å². The summed E-state index contributed by atoms with van der Waals surface area (Å²) in [5.74, 6) is 0.590. The normalized spacial score (nSPS) is 12.0. The second kappa shape index (κ2) is 8.50. The van der Waals surface area contributed by atoms with Crippen molar-refractivity contribution in [2.24, 2.45) is 0 Å². The fraction of sp³-hybridized carbons (Fsp3) is 0.263. The van der Waals surface area contributed by atoms with Gasteiger partial charge in [-0.05, 0) is 49.4 Å². The molecule has 1 N–H and O–H groups in total. The van der Waals surface area contributed by atoms with Crippen LogP contribution in [0, 0.1) is 11.3 Å². The molecule has 0 radical (unpaired) electrons. The zero-order valence-corrected chi connectivity index (χ0v) is 15.4. The number of amides is 1. The van der Waals surface area contributed by atoms with Gasteiger partial charge in [-0.25, -0.2) is 8.42 Å². The van der Waals surface area contributed by atoms with Crippen LogP contribution in [0.3, 0.4) is 0 Å². The topological polar surface area (TPSA) is 96.3 Å². The Morgan fingerprint density at radius 3 is 2.50 bits per heavy atom. The van der Waals surface area contributed by atoms with Crippen molar-refractivity contribution in [1.82, 2.24) is 5.32 Å². The van der Waals surface area contributed by atoms with Gasteiger partial charge in [-0.15, -0.1) is 0 Å². The molecule has 2 aromatic rings. The minimum absolute atomic E-state index is 0.0428. The fourth-order valence-corrected chi connectivity index (χ4v) is 3.36. The molecule has 0 aliphatic carbocycles. The van der Waals surface area contributed by atoms with E-state index in [1.807, 2.05) is 6.07 Å². The van der Waals surface area contributed by atoms with Gasteiger partial charge in [0.15, 0.2) is 9.84 Å². The van der Waals surface area contributed by atoms with Crippen LogP contribution >= 0.6 is 0 Å². The van der Waals surface area contributed by atoms with Gasteiger partial charge >= 0.3 is 0 Å². The predicted octanol–water partition coefficient (Wildman–Crippen LogP) is 2.90. The molecule has 2 rings (SSSR count). The standard InChI is InChI=1S/C19H20N2O4S/c1-3-26(23,24)13-14(2)21-19(22)16-5-4-6-18(11-16)25-17-9-7-15(12-20)8-10-17/h4-11,14H,3,13H2,1-2H3,(H,21,22). The Labute approximate surface area is 153 Å². The van der Waals surface area contributed by atoms with Crippen molar-refractivity contribution in [3.63, 3.8) is 0 Å². The van der Waals surface area contributed by atoms with Crippen LogP contribution in [0.1, 0.15) is 29.8 Å². The van der Waals surface area contributed by atoms with E-state index in [4.69, 9.17) is 10.00 Å². The molecule has 0 saturated carbocycles. The van der Waals surface area contributed by atoms with Gasteiger partial charge in [0.1, 0.15) is 11.5 Å². The highest BCUT2D eigenvalue weighted by molar-refractivity contribution is 7.91. The first kappa shape index (κ1) is 19.5. The SMILES string of the molecule is CCS(=O)(=O)CC(C)NC(=O)c1cccc(Oc2ccc(C#N)cc2)c1. The van der Waals surface area contributed by atoms with Crippen molar-refractivity contribution in [3.8, 4) is 17.6 Å². The maximum absolute atomic E-state index is 12.3. The van der Waals surface area contributed by atoms with Crippen molar-refractivity contribution in [2.45, 2.75) is 19.9 Å². The third kappa shape index (κ3) is 5.60. The van der Waals surface area contributed by atoms with E-state index in [1.54, 1.807) is 62.4 Å². The summed E-state index contributed by atoms with van der Waals surface area (Å²) in [6.45, 7) is 3.23. The van der Waals surface area contributed by atoms with Gasteiger partial charge in [0.25, 0.3) is 5.91 Å². The first-order valence-corrected chi connectivity index (χ1v) is 9.94. The van der Waals surface area contributed by atoms with E-state index in [2.05, 4.69) is 5.32 Å². The Morgan fingerprint density at radius 1 is 1.19 bits per heavy atom. The number of carbonyl (C=O) groups is 1. The van der Waals surface area contributed by atoms with Crippen LogP contribution < -0.4 is 10.1 Å². The van der Waals surface area contributed by atoms with E-state index in [-0.39, 0.29) is 17.4 Å². The lowest BCUT2D eigenvalue weighted by atomic mass is 10.2. The molecule has 0 bridgehead atoms. The number of hydrogen-bond acceptors (Lipinski definition) is 5. The van der Waals surface area contributed by atoms with Crippen molar-refractivity contribution in [3.05, 3.63) is 59.7 Å². The van der Waals surface area contributed by atoms with Crippen molar-refractivity contribution >= 4 is 15.7 Å². The van der Waals surface area contributed by atoms with Gasteiger partial charge in [-0.3, -0.25) is 4.79 Å². The lowest BCUT2D eigenvalue weighted by molar-refractivity contribution is 0.0943. The minimum Gasteiger partial charge on any atom is -0.457 e. The van der Waals surface area contributed by atoms with Crippen LogP contribution in [0.4, 0.5) is 0 Å². The largest absolute Gasteiger partial charge is 0.457 e. The summed E-state index contributed by atoms with van der Waals surface area (Å²) in [5, 5.41) is 11.5. The number of benzene rings is 2. The molecule has 1 atom stereocenters. The summed E-state index contributed by atoms with van der Waals surface area (Å²) in [6, 6.07) is 14.8. The van der Waals surface area contributed by atoms with Crippen LogP contribution in [0.15, 0.2) is 48.5 Å². The molecular weight excluding hydrogens is 352 g/mol. The number of carbonyl (C=O) groups excluding carboxylic acids is 1. The molecule has 136 valence electrons. The molecular formula is C19H20N2O4S. The monoisotopic (exact) mass is 372 g/mol. The zero-order valence-electron chi connectivity index (χ0n) is 14.6. The maximum atomic E-state index is 12.3. The van der Waals surface area contributed by atoms with Crippen molar-refractivity contribution in [1.29, 1.82) is 5.26 Å². The van der Waals surface area contributed by atoms with E-state index in [0.717, 1.165) is 0 Å². The number of nitrogens with zero attached hydrogens (tertiary/aromatic N) is 1. The van der Waals surface area contributed by atoms with Crippen LogP contribution in [0.5, 0.6) is 11.5 Å². The van der Waals surface area contributed by atoms with Gasteiger partial charge < -0.3 is 10.1 Å². The first-order chi connectivity index (χ1) is 12.3. The third-order valence-corrected chi connectivity index (χ3v) is 5.52. The molecule has 0 heterocycles. The van der Waals surface area contributed by atoms with E-state index in [0.29, 0.717) is 22.6 Å². The number of hydrogen-bond donors (Lipinski definition) is 1. The van der Waals surface area contributed by atoms with E-state index in [1.165, 1.54) is 0 Å². The molecule has 1 amide bonds. The highest BCUT2D eigenvalue weighted by Gasteiger charge is 2.16. The Morgan fingerprint density at radius 2 is 1.88 bits per heavy atom. The molecule has 2 aromatic carbocycles. The van der Waals surface area contributed by atoms with Crippen LogP contribution in [-0.4, -0.2) is 31.9 Å². The van der Waals surface area contributed by atoms with E-state index in [9.17, 15) is 13.2 Å². The minimum atomic E-state index is -3.16. The lowest BCUT2D eigenvalue weighted by Crippen LogP contribution is -2.37. The Hall–Kier alpha value is -2.85. The van der Waals surface area contributed by atoms with Gasteiger partial charge in [-0.1, -0.05) is 13.0 Å². The molecule has 0 aliphatic heterocycles. The van der Waals surface area contributed by atoms with E-state index >= 15 is 0 Å². The second-order valence-electron chi connectivity index (χ2n) is 5.84. The first-order valence-electron chi connectivity index (χ1n) is 8.12. The summed E-state index contributed by atoms with van der Waals surface area (Å²) < 4.78 is 29.0. The summed E-state index contributed by atoms with van der Waals surface area (Å²) in [7, 11) is -3.16. The molecule has 0 aromatic heterocycles. The Kier molecular flexibility index (Phi) is 6.36. The van der Waals surface area contributed by atoms with Gasteiger partial charge in [-0.2, -0.15) is 5.26 Å². The quantitative estimate of drug-likeness (QED) is 0.806. The predicted molar refractivity (Wildman–Crippen MR) is 98.9 cm³/mol. The smallest absolute Gasteiger partial charge is 0.251 e. The van der Waals surface area contributed by atoms with Crippen molar-refractivity contribution < 1.29 is 17.9 Å². The van der Waals surface area contributed by atoms with Gasteiger partial charge in [0, 0.05) is 17.4 Å². The molecule has 0 spiro atoms. The zero-order chi connectivity index (χ0) is 19.2. The van der Waals surface area contributed by atoms with E-state index < -0.39 is 15.9 Å². The number of rotatable bonds is 7. The Bertz CT molecular complexity index is 915. The Balaban J connectivity index is 2.05. The summed E-state index contributed by atoms with van der Waals surface area (Å²) in [6.07, 6.45) is 0. The summed E-state index contributed by atoms with van der Waals surface area (Å²) in [5.41, 5.74) is 0.901. The molecule has 0 aliphatic rings. The fourth-order valence-electron chi connectivity index (χ4n) is 2.28. The maximum Gasteiger partial charge on any atom is 0.251 e. The summed E-state index contributed by atoms with van der Waals surface area (Å²) in [4.78, 5) is 12.3. The molecule has 1 unspecified atom stereocenters. The summed E-state index contributed by atoms with van der Waals surface area (Å²) >= 11 is 0. The van der Waals surface area contributed by atoms with Crippen LogP contribution in [0.2, 0.25) is 0 Å². The number of nitriles is 1. The second-order valence-corrected chi connectivity index (χ2v) is 8.24. The lowest BCUT2D eigenvalue weighted by Gasteiger charge is -2.14. The molecule has 0 saturated heterocycles. The average Bonchev–Trinajstić information content (AvgIpc) is 2.62. The highest BCUT2D eigenvalue weighted by atomic mass is 32.2. The van der Waals surface area contributed by atoms with Crippen molar-refractivity contribution in [2.75, 3.05) is 11.5 Å². The highest BCUT2D eigenvalue weighted by Crippen LogP contribution is 2.22.